The van der Waals surface area contributed by atoms with Crippen molar-refractivity contribution in [3.63, 3.8) is 0 Å². The number of methoxy groups -OCH3 is 1. The minimum absolute atomic E-state index is 0.115. The van der Waals surface area contributed by atoms with Gasteiger partial charge >= 0.3 is 0 Å². The Labute approximate surface area is 195 Å². The molecule has 0 bridgehead atoms. The zero-order valence-electron chi connectivity index (χ0n) is 17.8. The molecular weight excluding hydrogens is 462 g/mol. The lowest BCUT2D eigenvalue weighted by Crippen LogP contribution is -2.26. The fourth-order valence-electron chi connectivity index (χ4n) is 3.19. The normalized spacial score (nSPS) is 11.3. The second-order valence-electron chi connectivity index (χ2n) is 7.25. The van der Waals surface area contributed by atoms with Gasteiger partial charge in [-0.2, -0.15) is 0 Å². The number of ether oxygens (including phenoxy) is 1. The first kappa shape index (κ1) is 22.6. The maximum absolute atomic E-state index is 13.0. The van der Waals surface area contributed by atoms with E-state index in [1.54, 1.807) is 31.3 Å². The summed E-state index contributed by atoms with van der Waals surface area (Å²) < 4.78 is 34.2. The standard InChI is InChI=1S/C23H21N3O5S2/c1-26(14-22-24-19-5-3-4-6-21(19)32-22)23(28)18-13-17(11-12-20(18)27)33(29,30)25-15-7-9-16(31-2)10-8-15/h3-13,25,27H,14H2,1-2H3. The molecule has 0 spiro atoms. The first-order valence-electron chi connectivity index (χ1n) is 9.86. The number of aromatic nitrogens is 1. The van der Waals surface area contributed by atoms with Crippen molar-refractivity contribution >= 4 is 43.2 Å². The van der Waals surface area contributed by atoms with Gasteiger partial charge in [-0.05, 0) is 54.6 Å². The molecule has 0 unspecified atom stereocenters. The molecular formula is C23H21N3O5S2. The van der Waals surface area contributed by atoms with Crippen molar-refractivity contribution in [2.75, 3.05) is 18.9 Å². The van der Waals surface area contributed by atoms with Crippen LogP contribution in [0.2, 0.25) is 0 Å². The number of para-hydroxylation sites is 1. The van der Waals surface area contributed by atoms with Crippen molar-refractivity contribution in [2.24, 2.45) is 0 Å². The average molecular weight is 484 g/mol. The number of carbonyl (C=O) groups excluding carboxylic acids is 1. The van der Waals surface area contributed by atoms with Crippen LogP contribution in [0, 0.1) is 0 Å². The van der Waals surface area contributed by atoms with Crippen molar-refractivity contribution in [2.45, 2.75) is 11.4 Å². The highest BCUT2D eigenvalue weighted by Gasteiger charge is 2.22. The molecule has 0 radical (unpaired) electrons. The number of sulfonamides is 1. The van der Waals surface area contributed by atoms with Crippen molar-refractivity contribution in [1.29, 1.82) is 0 Å². The molecule has 0 aliphatic carbocycles. The number of anilines is 1. The third-order valence-corrected chi connectivity index (χ3v) is 7.31. The maximum Gasteiger partial charge on any atom is 0.261 e. The number of fused-ring (bicyclic) bond motifs is 1. The number of nitrogens with zero attached hydrogens (tertiary/aromatic N) is 2. The molecule has 1 heterocycles. The molecule has 170 valence electrons. The Morgan fingerprint density at radius 2 is 1.85 bits per heavy atom. The van der Waals surface area contributed by atoms with E-state index in [9.17, 15) is 18.3 Å². The molecule has 8 nitrogen and oxygen atoms in total. The third kappa shape index (κ3) is 4.91. The Bertz CT molecular complexity index is 1380. The molecule has 2 N–H and O–H groups in total. The number of hydrogen-bond donors (Lipinski definition) is 2. The number of carbonyl (C=O) groups is 1. The number of benzene rings is 3. The van der Waals surface area contributed by atoms with E-state index < -0.39 is 15.9 Å². The van der Waals surface area contributed by atoms with Gasteiger partial charge in [0, 0.05) is 12.7 Å². The van der Waals surface area contributed by atoms with Crippen LogP contribution in [0.4, 0.5) is 5.69 Å². The molecule has 0 aliphatic rings. The number of thiazole rings is 1. The third-order valence-electron chi connectivity index (χ3n) is 4.91. The first-order chi connectivity index (χ1) is 15.8. The quantitative estimate of drug-likeness (QED) is 0.410. The number of phenols is 1. The highest BCUT2D eigenvalue weighted by atomic mass is 32.2. The Morgan fingerprint density at radius 1 is 1.12 bits per heavy atom. The summed E-state index contributed by atoms with van der Waals surface area (Å²) in [6.45, 7) is 0.221. The lowest BCUT2D eigenvalue weighted by molar-refractivity contribution is 0.0781. The van der Waals surface area contributed by atoms with E-state index in [4.69, 9.17) is 4.74 Å². The number of amides is 1. The molecule has 0 fully saturated rings. The zero-order chi connectivity index (χ0) is 23.6. The predicted molar refractivity (Wildman–Crippen MR) is 127 cm³/mol. The SMILES string of the molecule is COc1ccc(NS(=O)(=O)c2ccc(O)c(C(=O)N(C)Cc3nc4ccccc4s3)c2)cc1. The predicted octanol–water partition coefficient (Wildman–Crippen LogP) is 4.08. The Kier molecular flexibility index (Phi) is 6.21. The van der Waals surface area contributed by atoms with Crippen LogP contribution >= 0.6 is 11.3 Å². The summed E-state index contributed by atoms with van der Waals surface area (Å²) in [4.78, 5) is 18.8. The summed E-state index contributed by atoms with van der Waals surface area (Å²) in [6, 6.07) is 17.6. The Morgan fingerprint density at radius 3 is 2.55 bits per heavy atom. The van der Waals surface area contributed by atoms with E-state index in [0.717, 1.165) is 15.2 Å². The van der Waals surface area contributed by atoms with Crippen molar-refractivity contribution < 1.29 is 23.1 Å². The van der Waals surface area contributed by atoms with E-state index in [-0.39, 0.29) is 22.8 Å². The minimum Gasteiger partial charge on any atom is -0.507 e. The van der Waals surface area contributed by atoms with Gasteiger partial charge in [-0.3, -0.25) is 9.52 Å². The monoisotopic (exact) mass is 483 g/mol. The second-order valence-corrected chi connectivity index (χ2v) is 10.0. The van der Waals surface area contributed by atoms with Crippen LogP contribution in [-0.4, -0.2) is 43.5 Å². The molecule has 4 rings (SSSR count). The zero-order valence-corrected chi connectivity index (χ0v) is 19.5. The fraction of sp³-hybridized carbons (Fsp3) is 0.130. The van der Waals surface area contributed by atoms with Gasteiger partial charge in [-0.15, -0.1) is 11.3 Å². The van der Waals surface area contributed by atoms with Crippen LogP contribution in [0.1, 0.15) is 15.4 Å². The lowest BCUT2D eigenvalue weighted by Gasteiger charge is -2.17. The van der Waals surface area contributed by atoms with E-state index >= 15 is 0 Å². The molecule has 1 amide bonds. The van der Waals surface area contributed by atoms with Crippen LogP contribution in [0.25, 0.3) is 10.2 Å². The number of rotatable bonds is 7. The van der Waals surface area contributed by atoms with Crippen molar-refractivity contribution in [3.8, 4) is 11.5 Å². The summed E-state index contributed by atoms with van der Waals surface area (Å²) in [5.41, 5.74) is 1.07. The van der Waals surface area contributed by atoms with Crippen molar-refractivity contribution in [1.82, 2.24) is 9.88 Å². The van der Waals surface area contributed by atoms with Gasteiger partial charge in [-0.1, -0.05) is 12.1 Å². The summed E-state index contributed by atoms with van der Waals surface area (Å²) in [6.07, 6.45) is 0. The molecule has 0 atom stereocenters. The van der Waals surface area contributed by atoms with Gasteiger partial charge in [0.1, 0.15) is 16.5 Å². The minimum atomic E-state index is -3.99. The van der Waals surface area contributed by atoms with Gasteiger partial charge < -0.3 is 14.7 Å². The van der Waals surface area contributed by atoms with Crippen LogP contribution in [0.5, 0.6) is 11.5 Å². The van der Waals surface area contributed by atoms with Gasteiger partial charge in [0.2, 0.25) is 0 Å². The van der Waals surface area contributed by atoms with Gasteiger partial charge in [0.05, 0.1) is 34.3 Å². The molecule has 1 aromatic heterocycles. The Hall–Kier alpha value is -3.63. The molecule has 3 aromatic carbocycles. The van der Waals surface area contributed by atoms with Crippen LogP contribution < -0.4 is 9.46 Å². The maximum atomic E-state index is 13.0. The first-order valence-corrected chi connectivity index (χ1v) is 12.2. The summed E-state index contributed by atoms with van der Waals surface area (Å²) in [7, 11) is -0.901. The summed E-state index contributed by atoms with van der Waals surface area (Å²) in [5, 5.41) is 11.0. The number of nitrogens with one attached hydrogen (secondary N) is 1. The van der Waals surface area contributed by atoms with Crippen molar-refractivity contribution in [3.05, 3.63) is 77.3 Å². The largest absolute Gasteiger partial charge is 0.507 e. The molecule has 0 saturated carbocycles. The molecule has 33 heavy (non-hydrogen) atoms. The van der Waals surface area contributed by atoms with Crippen LogP contribution in [0.15, 0.2) is 71.6 Å². The molecule has 10 heteroatoms. The van der Waals surface area contributed by atoms with Crippen LogP contribution in [0.3, 0.4) is 0 Å². The second kappa shape index (κ2) is 9.08. The molecule has 0 aliphatic heterocycles. The molecule has 0 saturated heterocycles. The highest BCUT2D eigenvalue weighted by molar-refractivity contribution is 7.92. The number of aromatic hydroxyl groups is 1. The highest BCUT2D eigenvalue weighted by Crippen LogP contribution is 2.27. The fourth-order valence-corrected chi connectivity index (χ4v) is 5.30. The van der Waals surface area contributed by atoms with Gasteiger partial charge in [0.25, 0.3) is 15.9 Å². The van der Waals surface area contributed by atoms with E-state index in [1.807, 2.05) is 24.3 Å². The Balaban J connectivity index is 1.55. The lowest BCUT2D eigenvalue weighted by atomic mass is 10.2. The summed E-state index contributed by atoms with van der Waals surface area (Å²) >= 11 is 1.47. The molecule has 4 aromatic rings. The van der Waals surface area contributed by atoms with Crippen LogP contribution in [-0.2, 0) is 16.6 Å². The van der Waals surface area contributed by atoms with E-state index in [1.165, 1.54) is 41.5 Å². The summed E-state index contributed by atoms with van der Waals surface area (Å²) in [5.74, 6) is -0.237. The average Bonchev–Trinajstić information content (AvgIpc) is 3.21. The smallest absolute Gasteiger partial charge is 0.261 e. The van der Waals surface area contributed by atoms with E-state index in [0.29, 0.717) is 11.4 Å². The van der Waals surface area contributed by atoms with Gasteiger partial charge in [0.15, 0.2) is 0 Å². The van der Waals surface area contributed by atoms with E-state index in [2.05, 4.69) is 9.71 Å². The number of hydrogen-bond acceptors (Lipinski definition) is 7. The number of phenolic OH excluding ortho intramolecular Hbond substituents is 1. The topological polar surface area (TPSA) is 109 Å². The van der Waals surface area contributed by atoms with Gasteiger partial charge in [-0.25, -0.2) is 13.4 Å².